The highest BCUT2D eigenvalue weighted by molar-refractivity contribution is 7.80. The number of anilines is 1. The van der Waals surface area contributed by atoms with E-state index in [0.29, 0.717) is 10.1 Å². The van der Waals surface area contributed by atoms with Crippen molar-refractivity contribution >= 4 is 45.6 Å². The average Bonchev–Trinajstić information content (AvgIpc) is 3.21. The van der Waals surface area contributed by atoms with Gasteiger partial charge in [0.15, 0.2) is 5.11 Å². The Labute approximate surface area is 193 Å². The van der Waals surface area contributed by atoms with Gasteiger partial charge in [-0.3, -0.25) is 4.90 Å². The van der Waals surface area contributed by atoms with Crippen molar-refractivity contribution in [3.63, 3.8) is 0 Å². The van der Waals surface area contributed by atoms with Gasteiger partial charge in [-0.05, 0) is 55.9 Å². The summed E-state index contributed by atoms with van der Waals surface area (Å²) in [5.41, 5.74) is 1.78. The number of halogens is 1. The quantitative estimate of drug-likeness (QED) is 0.468. The van der Waals surface area contributed by atoms with Crippen LogP contribution in [0.2, 0.25) is 5.02 Å². The molecule has 1 fully saturated rings. The van der Waals surface area contributed by atoms with E-state index in [2.05, 4.69) is 34.2 Å². The van der Waals surface area contributed by atoms with Crippen LogP contribution < -0.4 is 5.32 Å². The second-order valence-electron chi connectivity index (χ2n) is 7.80. The molecular weight excluding hydrogens is 430 g/mol. The van der Waals surface area contributed by atoms with E-state index in [9.17, 15) is 0 Å². The maximum Gasteiger partial charge on any atom is 0.174 e. The first-order valence-corrected chi connectivity index (χ1v) is 11.5. The highest BCUT2D eigenvalue weighted by atomic mass is 35.5. The van der Waals surface area contributed by atoms with E-state index in [0.717, 1.165) is 68.2 Å². The Morgan fingerprint density at radius 1 is 1.16 bits per heavy atom. The molecule has 1 saturated heterocycles. The minimum absolute atomic E-state index is 0.00345. The molecule has 1 aliphatic rings. The molecular formula is C24H28ClN3O2S. The summed E-state index contributed by atoms with van der Waals surface area (Å²) in [6, 6.07) is 17.8. The molecule has 1 atom stereocenters. The standard InChI is InChI=1S/C24H28ClN3O2S/c1-18(23-16-19-6-2-3-9-22(19)30-23)28(11-5-10-27-12-14-29-15-13-27)24(31)26-21-8-4-7-20(25)17-21/h2-4,6-9,16-18H,5,10-15H2,1H3,(H,26,31)/t18-/m0/s1. The first-order chi connectivity index (χ1) is 15.1. The van der Waals surface area contributed by atoms with Gasteiger partial charge in [0.1, 0.15) is 11.3 Å². The number of benzene rings is 2. The Bertz CT molecular complexity index is 986. The van der Waals surface area contributed by atoms with Crippen LogP contribution in [-0.4, -0.2) is 54.3 Å². The molecule has 0 bridgehead atoms. The summed E-state index contributed by atoms with van der Waals surface area (Å²) in [4.78, 5) is 4.65. The molecule has 0 radical (unpaired) electrons. The lowest BCUT2D eigenvalue weighted by molar-refractivity contribution is 0.0365. The summed E-state index contributed by atoms with van der Waals surface area (Å²) in [7, 11) is 0. The molecule has 4 rings (SSSR count). The molecule has 164 valence electrons. The number of morpholine rings is 1. The van der Waals surface area contributed by atoms with Gasteiger partial charge >= 0.3 is 0 Å². The molecule has 0 saturated carbocycles. The zero-order valence-corrected chi connectivity index (χ0v) is 19.3. The van der Waals surface area contributed by atoms with Gasteiger partial charge in [-0.1, -0.05) is 35.9 Å². The summed E-state index contributed by atoms with van der Waals surface area (Å²) in [6.45, 7) is 7.59. The lowest BCUT2D eigenvalue weighted by atomic mass is 10.2. The van der Waals surface area contributed by atoms with Crippen LogP contribution in [0, 0.1) is 0 Å². The van der Waals surface area contributed by atoms with Gasteiger partial charge in [0.05, 0.1) is 19.3 Å². The molecule has 1 aromatic heterocycles. The summed E-state index contributed by atoms with van der Waals surface area (Å²) >= 11 is 12.0. The summed E-state index contributed by atoms with van der Waals surface area (Å²) in [5, 5.41) is 5.80. The smallest absolute Gasteiger partial charge is 0.174 e. The van der Waals surface area contributed by atoms with Crippen LogP contribution in [0.1, 0.15) is 25.1 Å². The largest absolute Gasteiger partial charge is 0.459 e. The zero-order valence-electron chi connectivity index (χ0n) is 17.7. The molecule has 0 spiro atoms. The van der Waals surface area contributed by atoms with Gasteiger partial charge in [0.25, 0.3) is 0 Å². The van der Waals surface area contributed by atoms with Gasteiger partial charge in [0.2, 0.25) is 0 Å². The fraction of sp³-hybridized carbons (Fsp3) is 0.375. The fourth-order valence-electron chi connectivity index (χ4n) is 3.88. The Morgan fingerprint density at radius 3 is 2.74 bits per heavy atom. The van der Waals surface area contributed by atoms with E-state index in [1.165, 1.54) is 0 Å². The van der Waals surface area contributed by atoms with Gasteiger partial charge in [0, 0.05) is 42.3 Å². The molecule has 2 aromatic carbocycles. The monoisotopic (exact) mass is 457 g/mol. The molecule has 0 amide bonds. The number of thiocarbonyl (C=S) groups is 1. The van der Waals surface area contributed by atoms with Crippen LogP contribution in [0.4, 0.5) is 5.69 Å². The topological polar surface area (TPSA) is 40.9 Å². The van der Waals surface area contributed by atoms with E-state index in [-0.39, 0.29) is 6.04 Å². The van der Waals surface area contributed by atoms with Crippen molar-refractivity contribution in [1.82, 2.24) is 9.80 Å². The normalized spacial score (nSPS) is 15.7. The van der Waals surface area contributed by atoms with Crippen molar-refractivity contribution in [2.45, 2.75) is 19.4 Å². The number of furan rings is 1. The summed E-state index contributed by atoms with van der Waals surface area (Å²) in [5.74, 6) is 0.905. The van der Waals surface area contributed by atoms with Crippen molar-refractivity contribution in [2.75, 3.05) is 44.7 Å². The van der Waals surface area contributed by atoms with Crippen LogP contribution in [0.15, 0.2) is 59.0 Å². The van der Waals surface area contributed by atoms with Crippen LogP contribution in [0.3, 0.4) is 0 Å². The van der Waals surface area contributed by atoms with Crippen LogP contribution >= 0.6 is 23.8 Å². The number of para-hydroxylation sites is 1. The number of nitrogens with zero attached hydrogens (tertiary/aromatic N) is 2. The van der Waals surface area contributed by atoms with Crippen LogP contribution in [-0.2, 0) is 4.74 Å². The molecule has 1 N–H and O–H groups in total. The number of fused-ring (bicyclic) bond motifs is 1. The van der Waals surface area contributed by atoms with E-state index < -0.39 is 0 Å². The van der Waals surface area contributed by atoms with E-state index in [1.807, 2.05) is 42.5 Å². The van der Waals surface area contributed by atoms with Crippen molar-refractivity contribution in [1.29, 1.82) is 0 Å². The van der Waals surface area contributed by atoms with Gasteiger partial charge < -0.3 is 19.4 Å². The summed E-state index contributed by atoms with van der Waals surface area (Å²) < 4.78 is 11.6. The third kappa shape index (κ3) is 5.77. The number of hydrogen-bond donors (Lipinski definition) is 1. The van der Waals surface area contributed by atoms with E-state index in [4.69, 9.17) is 33.0 Å². The van der Waals surface area contributed by atoms with Crippen LogP contribution in [0.5, 0.6) is 0 Å². The van der Waals surface area contributed by atoms with Gasteiger partial charge in [-0.2, -0.15) is 0 Å². The fourth-order valence-corrected chi connectivity index (χ4v) is 4.44. The average molecular weight is 458 g/mol. The molecule has 5 nitrogen and oxygen atoms in total. The molecule has 31 heavy (non-hydrogen) atoms. The summed E-state index contributed by atoms with van der Waals surface area (Å²) in [6.07, 6.45) is 1.00. The first kappa shape index (κ1) is 22.1. The highest BCUT2D eigenvalue weighted by Crippen LogP contribution is 2.28. The lowest BCUT2D eigenvalue weighted by Crippen LogP contribution is -2.41. The Balaban J connectivity index is 1.49. The second-order valence-corrected chi connectivity index (χ2v) is 8.63. The van der Waals surface area contributed by atoms with E-state index in [1.54, 1.807) is 0 Å². The number of hydrogen-bond acceptors (Lipinski definition) is 4. The maximum atomic E-state index is 6.15. The number of nitrogens with one attached hydrogen (secondary N) is 1. The Morgan fingerprint density at radius 2 is 1.97 bits per heavy atom. The second kappa shape index (κ2) is 10.5. The SMILES string of the molecule is C[C@@H](c1cc2ccccc2o1)N(CCCN1CCOCC1)C(=S)Nc1cccc(Cl)c1. The minimum Gasteiger partial charge on any atom is -0.459 e. The van der Waals surface area contributed by atoms with Crippen molar-refractivity contribution < 1.29 is 9.15 Å². The Kier molecular flexibility index (Phi) is 7.45. The van der Waals surface area contributed by atoms with E-state index >= 15 is 0 Å². The molecule has 1 aliphatic heterocycles. The third-order valence-electron chi connectivity index (χ3n) is 5.64. The molecule has 0 unspecified atom stereocenters. The van der Waals surface area contributed by atoms with Crippen LogP contribution in [0.25, 0.3) is 11.0 Å². The number of ether oxygens (including phenoxy) is 1. The highest BCUT2D eigenvalue weighted by Gasteiger charge is 2.22. The Hall–Kier alpha value is -2.12. The van der Waals surface area contributed by atoms with Crippen molar-refractivity contribution in [3.05, 3.63) is 65.4 Å². The minimum atomic E-state index is -0.00345. The molecule has 7 heteroatoms. The lowest BCUT2D eigenvalue weighted by Gasteiger charge is -2.32. The predicted octanol–water partition coefficient (Wildman–Crippen LogP) is 5.57. The zero-order chi connectivity index (χ0) is 21.6. The van der Waals surface area contributed by atoms with Crippen molar-refractivity contribution in [2.24, 2.45) is 0 Å². The number of rotatable bonds is 7. The molecule has 3 aromatic rings. The maximum absolute atomic E-state index is 6.15. The molecule has 0 aliphatic carbocycles. The predicted molar refractivity (Wildman–Crippen MR) is 131 cm³/mol. The van der Waals surface area contributed by atoms with Gasteiger partial charge in [-0.25, -0.2) is 0 Å². The van der Waals surface area contributed by atoms with Gasteiger partial charge in [-0.15, -0.1) is 0 Å². The first-order valence-electron chi connectivity index (χ1n) is 10.7. The van der Waals surface area contributed by atoms with Crippen molar-refractivity contribution in [3.8, 4) is 0 Å². The third-order valence-corrected chi connectivity index (χ3v) is 6.21. The molecule has 2 heterocycles.